The second-order valence-electron chi connectivity index (χ2n) is 19.2. The number of hydrogen-bond acceptors (Lipinski definition) is 8. The predicted octanol–water partition coefficient (Wildman–Crippen LogP) is 16.3. The number of amides is 2. The molecule has 0 aliphatic carbocycles. The molecule has 2 amide bonds. The number of esters is 2. The maximum Gasteiger partial charge on any atom is 0.354 e. The smallest absolute Gasteiger partial charge is 0.354 e. The number of aromatic nitrogens is 2. The van der Waals surface area contributed by atoms with Gasteiger partial charge >= 0.3 is 11.9 Å². The molecule has 0 fully saturated rings. The van der Waals surface area contributed by atoms with Gasteiger partial charge in [-0.1, -0.05) is 149 Å². The fraction of sp³-hybridized carbons (Fsp3) is 0.138. The van der Waals surface area contributed by atoms with E-state index in [4.69, 9.17) is 44.3 Å². The number of carbonyl (C=O) groups is 4. The van der Waals surface area contributed by atoms with E-state index in [1.807, 2.05) is 143 Å². The standard InChI is InChI=1S/C33H29ClN2O3S.C32H26Cl2N2O3S/c1-21-16-26(14-15-28(21)34)40-31-19-29-25(17-27(31)23-8-6-5-7-9-23)18-30(33(38)39-4)36(29)20-22-10-12-24(13-11-22)32(37)35(2)3;1-35(2)31(37)22-11-9-20(10-12-22)19-36-27(32(38)39-3)17-23-13-16-28(40-24-14-15-25(33)26(34)18-24)29(30(23)36)21-7-5-4-6-8-21/h5-19H,20H2,1-4H3;4-18H,19H2,1-3H3. The van der Waals surface area contributed by atoms with E-state index in [0.29, 0.717) is 45.6 Å². The first kappa shape index (κ1) is 57.0. The predicted molar refractivity (Wildman–Crippen MR) is 325 cm³/mol. The van der Waals surface area contributed by atoms with Crippen molar-refractivity contribution in [2.45, 2.75) is 39.6 Å². The van der Waals surface area contributed by atoms with Gasteiger partial charge in [0.25, 0.3) is 11.8 Å². The zero-order valence-electron chi connectivity index (χ0n) is 44.9. The summed E-state index contributed by atoms with van der Waals surface area (Å²) >= 11 is 22.0. The number of nitrogens with zero attached hydrogens (tertiary/aromatic N) is 4. The number of halogens is 3. The third kappa shape index (κ3) is 12.7. The summed E-state index contributed by atoms with van der Waals surface area (Å²) in [5.41, 5.74) is 11.0. The Morgan fingerprint density at radius 2 is 0.988 bits per heavy atom. The lowest BCUT2D eigenvalue weighted by atomic mass is 10.0. The Morgan fingerprint density at radius 1 is 0.487 bits per heavy atom. The molecule has 0 atom stereocenters. The molecule has 2 aromatic heterocycles. The Kier molecular flexibility index (Phi) is 17.9. The van der Waals surface area contributed by atoms with Gasteiger partial charge in [0, 0.05) is 93.3 Å². The van der Waals surface area contributed by atoms with Crippen LogP contribution in [0.1, 0.15) is 58.4 Å². The largest absolute Gasteiger partial charge is 0.464 e. The van der Waals surface area contributed by atoms with Crippen molar-refractivity contribution in [3.63, 3.8) is 0 Å². The Hall–Kier alpha value is -7.71. The lowest BCUT2D eigenvalue weighted by molar-refractivity contribution is 0.0581. The van der Waals surface area contributed by atoms with Crippen molar-refractivity contribution in [2.24, 2.45) is 0 Å². The molecule has 8 aromatic carbocycles. The van der Waals surface area contributed by atoms with Gasteiger partial charge in [-0.2, -0.15) is 0 Å². The number of carbonyl (C=O) groups excluding carboxylic acids is 4. The van der Waals surface area contributed by atoms with Crippen LogP contribution in [0.15, 0.2) is 202 Å². The minimum atomic E-state index is -0.423. The summed E-state index contributed by atoms with van der Waals surface area (Å²) in [5, 5.41) is 3.58. The first-order valence-corrected chi connectivity index (χ1v) is 28.1. The van der Waals surface area contributed by atoms with Crippen LogP contribution >= 0.6 is 58.3 Å². The Balaban J connectivity index is 0.000000194. The maximum atomic E-state index is 13.0. The molecule has 0 saturated carbocycles. The monoisotopic (exact) mass is 1160 g/mol. The summed E-state index contributed by atoms with van der Waals surface area (Å²) in [6.07, 6.45) is 0. The highest BCUT2D eigenvalue weighted by molar-refractivity contribution is 7.99. The molecule has 10 aromatic rings. The van der Waals surface area contributed by atoms with E-state index in [-0.39, 0.29) is 11.8 Å². The van der Waals surface area contributed by atoms with Crippen molar-refractivity contribution in [1.29, 1.82) is 0 Å². The number of aryl methyl sites for hydroxylation is 1. The van der Waals surface area contributed by atoms with Crippen molar-refractivity contribution in [2.75, 3.05) is 42.4 Å². The number of hydrogen-bond donors (Lipinski definition) is 0. The van der Waals surface area contributed by atoms with Gasteiger partial charge in [0.15, 0.2) is 0 Å². The van der Waals surface area contributed by atoms with Crippen LogP contribution in [0, 0.1) is 6.92 Å². The molecule has 0 radical (unpaired) electrons. The van der Waals surface area contributed by atoms with Crippen LogP contribution in [0.25, 0.3) is 44.1 Å². The maximum absolute atomic E-state index is 13.0. The van der Waals surface area contributed by atoms with Gasteiger partial charge in [0.2, 0.25) is 0 Å². The van der Waals surface area contributed by atoms with Crippen LogP contribution in [0.5, 0.6) is 0 Å². The molecule has 0 aliphatic rings. The number of benzene rings is 8. The second kappa shape index (κ2) is 25.2. The highest BCUT2D eigenvalue weighted by atomic mass is 35.5. The quantitative estimate of drug-likeness (QED) is 0.0992. The van der Waals surface area contributed by atoms with E-state index in [9.17, 15) is 19.2 Å². The molecule has 0 N–H and O–H groups in total. The summed E-state index contributed by atoms with van der Waals surface area (Å²) in [5.74, 6) is -0.947. The Labute approximate surface area is 488 Å². The normalized spacial score (nSPS) is 11.0. The number of ether oxygens (including phenoxy) is 2. The van der Waals surface area contributed by atoms with Gasteiger partial charge in [0.1, 0.15) is 11.4 Å². The number of fused-ring (bicyclic) bond motifs is 2. The van der Waals surface area contributed by atoms with Crippen molar-refractivity contribution < 1.29 is 28.7 Å². The van der Waals surface area contributed by atoms with Gasteiger partial charge in [-0.25, -0.2) is 9.59 Å². The molecule has 0 saturated heterocycles. The highest BCUT2D eigenvalue weighted by Crippen LogP contribution is 2.44. The third-order valence-electron chi connectivity index (χ3n) is 13.3. The summed E-state index contributed by atoms with van der Waals surface area (Å²) in [4.78, 5) is 57.8. The van der Waals surface area contributed by atoms with Crippen LogP contribution in [-0.4, -0.2) is 85.1 Å². The van der Waals surface area contributed by atoms with E-state index in [1.165, 1.54) is 14.2 Å². The molecule has 10 rings (SSSR count). The summed E-state index contributed by atoms with van der Waals surface area (Å²) in [6.45, 7) is 2.85. The minimum absolute atomic E-state index is 0.0549. The van der Waals surface area contributed by atoms with Crippen LogP contribution in [0.3, 0.4) is 0 Å². The molecule has 80 heavy (non-hydrogen) atoms. The Morgan fingerprint density at radius 3 is 1.52 bits per heavy atom. The number of rotatable bonds is 14. The molecular formula is C65H55Cl3N4O6S2. The van der Waals surface area contributed by atoms with Gasteiger partial charge < -0.3 is 28.4 Å². The first-order chi connectivity index (χ1) is 38.5. The lowest BCUT2D eigenvalue weighted by Gasteiger charge is -2.17. The van der Waals surface area contributed by atoms with E-state index in [0.717, 1.165) is 85.4 Å². The zero-order chi connectivity index (χ0) is 56.8. The first-order valence-electron chi connectivity index (χ1n) is 25.3. The molecular weight excluding hydrogens is 1100 g/mol. The van der Waals surface area contributed by atoms with Crippen LogP contribution in [0.2, 0.25) is 15.1 Å². The molecule has 15 heteroatoms. The topological polar surface area (TPSA) is 103 Å². The van der Waals surface area contributed by atoms with Crippen LogP contribution < -0.4 is 0 Å². The molecule has 0 aliphatic heterocycles. The van der Waals surface area contributed by atoms with E-state index in [1.54, 1.807) is 67.6 Å². The van der Waals surface area contributed by atoms with Gasteiger partial charge in [0.05, 0.1) is 35.3 Å². The van der Waals surface area contributed by atoms with Gasteiger partial charge in [-0.3, -0.25) is 9.59 Å². The summed E-state index contributed by atoms with van der Waals surface area (Å²) in [7, 11) is 9.69. The lowest BCUT2D eigenvalue weighted by Crippen LogP contribution is -2.21. The minimum Gasteiger partial charge on any atom is -0.464 e. The third-order valence-corrected chi connectivity index (χ3v) is 16.6. The SMILES string of the molecule is COC(=O)c1cc2cc(-c3ccccc3)c(Sc3ccc(Cl)c(C)c3)cc2n1Cc1ccc(C(=O)N(C)C)cc1.COC(=O)c1cc2ccc(Sc3ccc(Cl)c(Cl)c3)c(-c3ccccc3)c2n1Cc1ccc(C(=O)N(C)C)cc1. The average molecular weight is 1160 g/mol. The van der Waals surface area contributed by atoms with Crippen molar-refractivity contribution >= 4 is 104 Å². The van der Waals surface area contributed by atoms with Crippen LogP contribution in [-0.2, 0) is 22.6 Å². The molecule has 0 bridgehead atoms. The fourth-order valence-electron chi connectivity index (χ4n) is 9.27. The molecule has 10 nitrogen and oxygen atoms in total. The van der Waals surface area contributed by atoms with Gasteiger partial charge in [-0.15, -0.1) is 0 Å². The van der Waals surface area contributed by atoms with Crippen LogP contribution in [0.4, 0.5) is 0 Å². The van der Waals surface area contributed by atoms with Crippen molar-refractivity contribution in [1.82, 2.24) is 18.9 Å². The highest BCUT2D eigenvalue weighted by Gasteiger charge is 2.24. The second-order valence-corrected chi connectivity index (χ2v) is 22.7. The fourth-order valence-corrected chi connectivity index (χ4v) is 11.9. The van der Waals surface area contributed by atoms with E-state index < -0.39 is 11.9 Å². The van der Waals surface area contributed by atoms with E-state index in [2.05, 4.69) is 48.5 Å². The molecule has 2 heterocycles. The summed E-state index contributed by atoms with van der Waals surface area (Å²) < 4.78 is 14.3. The van der Waals surface area contributed by atoms with E-state index >= 15 is 0 Å². The molecule has 0 unspecified atom stereocenters. The van der Waals surface area contributed by atoms with Crippen molar-refractivity contribution in [3.05, 3.63) is 236 Å². The van der Waals surface area contributed by atoms with Gasteiger partial charge in [-0.05, 0) is 131 Å². The summed E-state index contributed by atoms with van der Waals surface area (Å²) in [6, 6.07) is 59.0. The number of methoxy groups -OCH3 is 2. The molecule has 404 valence electrons. The van der Waals surface area contributed by atoms with Crippen molar-refractivity contribution in [3.8, 4) is 22.3 Å². The Bertz CT molecular complexity index is 3890. The zero-order valence-corrected chi connectivity index (χ0v) is 48.8. The molecule has 0 spiro atoms. The average Bonchev–Trinajstić information content (AvgIpc) is 4.02.